The van der Waals surface area contributed by atoms with Gasteiger partial charge in [-0.1, -0.05) is 72.8 Å². The maximum absolute atomic E-state index is 14.1. The van der Waals surface area contributed by atoms with Crippen LogP contribution >= 0.6 is 0 Å². The number of likely N-dealkylation sites (tertiary alicyclic amines) is 1. The number of ether oxygens (including phenoxy) is 1. The third-order valence-electron chi connectivity index (χ3n) is 7.46. The summed E-state index contributed by atoms with van der Waals surface area (Å²) in [6.07, 6.45) is 2.22. The molecule has 0 bridgehead atoms. The van der Waals surface area contributed by atoms with E-state index in [0.29, 0.717) is 31.9 Å². The van der Waals surface area contributed by atoms with Gasteiger partial charge in [0, 0.05) is 43.8 Å². The molecule has 0 N–H and O–H groups in total. The lowest BCUT2D eigenvalue weighted by Crippen LogP contribution is -2.51. The van der Waals surface area contributed by atoms with Gasteiger partial charge in [0.05, 0.1) is 4.92 Å². The first kappa shape index (κ1) is 28.5. The van der Waals surface area contributed by atoms with Crippen molar-refractivity contribution >= 4 is 17.5 Å². The Labute approximate surface area is 245 Å². The van der Waals surface area contributed by atoms with Crippen molar-refractivity contribution in [1.82, 2.24) is 9.80 Å². The Bertz CT molecular complexity index is 1490. The first-order chi connectivity index (χ1) is 20.5. The minimum absolute atomic E-state index is 0.0885. The zero-order valence-electron chi connectivity index (χ0n) is 23.3. The number of amides is 2. The highest BCUT2D eigenvalue weighted by atomic mass is 16.6. The highest BCUT2D eigenvalue weighted by Crippen LogP contribution is 2.23. The van der Waals surface area contributed by atoms with Crippen LogP contribution in [0.4, 0.5) is 5.69 Å². The molecule has 4 aromatic rings. The Morgan fingerprint density at radius 2 is 1.38 bits per heavy atom. The van der Waals surface area contributed by atoms with Gasteiger partial charge in [-0.2, -0.15) is 0 Å². The molecule has 4 aromatic carbocycles. The van der Waals surface area contributed by atoms with Crippen LogP contribution in [0, 0.1) is 10.1 Å². The minimum Gasteiger partial charge on any atom is -0.489 e. The monoisotopic (exact) mass is 563 g/mol. The molecule has 1 aliphatic heterocycles. The van der Waals surface area contributed by atoms with Gasteiger partial charge in [-0.3, -0.25) is 19.7 Å². The second-order valence-electron chi connectivity index (χ2n) is 10.4. The number of nitro groups is 1. The Morgan fingerprint density at radius 1 is 0.786 bits per heavy atom. The molecule has 214 valence electrons. The minimum atomic E-state index is -0.748. The molecule has 8 heteroatoms. The fourth-order valence-corrected chi connectivity index (χ4v) is 5.16. The third kappa shape index (κ3) is 7.20. The first-order valence-electron chi connectivity index (χ1n) is 14.1. The molecule has 8 nitrogen and oxygen atoms in total. The number of nitro benzene ring substituents is 1. The maximum Gasteiger partial charge on any atom is 0.269 e. The van der Waals surface area contributed by atoms with E-state index in [1.54, 1.807) is 4.90 Å². The molecule has 1 aliphatic rings. The summed E-state index contributed by atoms with van der Waals surface area (Å²) in [5, 5.41) is 11.2. The van der Waals surface area contributed by atoms with Crippen molar-refractivity contribution < 1.29 is 19.2 Å². The van der Waals surface area contributed by atoms with Crippen molar-refractivity contribution in [2.75, 3.05) is 13.1 Å². The van der Waals surface area contributed by atoms with Crippen molar-refractivity contribution in [1.29, 1.82) is 0 Å². The fourth-order valence-electron chi connectivity index (χ4n) is 5.16. The summed E-state index contributed by atoms with van der Waals surface area (Å²) in [5.41, 5.74) is 3.03. The van der Waals surface area contributed by atoms with E-state index in [4.69, 9.17) is 4.74 Å². The molecule has 0 radical (unpaired) electrons. The van der Waals surface area contributed by atoms with Crippen molar-refractivity contribution in [3.05, 3.63) is 142 Å². The van der Waals surface area contributed by atoms with E-state index in [-0.39, 0.29) is 29.6 Å². The summed E-state index contributed by atoms with van der Waals surface area (Å²) in [6.45, 7) is 1.95. The number of non-ortho nitro benzene ring substituents is 1. The van der Waals surface area contributed by atoms with Crippen LogP contribution in [0.15, 0.2) is 109 Å². The largest absolute Gasteiger partial charge is 0.489 e. The second kappa shape index (κ2) is 13.6. The van der Waals surface area contributed by atoms with Gasteiger partial charge in [-0.15, -0.1) is 0 Å². The number of rotatable bonds is 11. The van der Waals surface area contributed by atoms with Crippen molar-refractivity contribution in [2.45, 2.75) is 38.5 Å². The van der Waals surface area contributed by atoms with Crippen LogP contribution < -0.4 is 4.74 Å². The van der Waals surface area contributed by atoms with Gasteiger partial charge in [0.15, 0.2) is 0 Å². The van der Waals surface area contributed by atoms with Gasteiger partial charge in [-0.05, 0) is 53.8 Å². The number of nitrogens with zero attached hydrogens (tertiary/aromatic N) is 3. The van der Waals surface area contributed by atoms with Gasteiger partial charge >= 0.3 is 0 Å². The van der Waals surface area contributed by atoms with Gasteiger partial charge in [0.1, 0.15) is 18.4 Å². The summed E-state index contributed by atoms with van der Waals surface area (Å²) in [7, 11) is 0. The van der Waals surface area contributed by atoms with Crippen LogP contribution in [-0.4, -0.2) is 45.7 Å². The summed E-state index contributed by atoms with van der Waals surface area (Å²) in [5.74, 6) is 0.252. The molecule has 42 heavy (non-hydrogen) atoms. The van der Waals surface area contributed by atoms with Gasteiger partial charge in [0.2, 0.25) is 5.91 Å². The Balaban J connectivity index is 1.44. The topological polar surface area (TPSA) is 93.0 Å². The molecular weight excluding hydrogens is 530 g/mol. The molecule has 5 rings (SSSR count). The van der Waals surface area contributed by atoms with Gasteiger partial charge in [-0.25, -0.2) is 0 Å². The predicted octanol–water partition coefficient (Wildman–Crippen LogP) is 6.05. The predicted molar refractivity (Wildman–Crippen MR) is 160 cm³/mol. The SMILES string of the molecule is O=C(C(Cc1ccccc1)N(Cc1ccc(OCc2ccccc2)cc1)C(=O)c1ccc([N+](=O)[O-])cc1)N1CCCC1. The molecule has 1 fully saturated rings. The first-order valence-corrected chi connectivity index (χ1v) is 14.1. The number of hydrogen-bond acceptors (Lipinski definition) is 5. The molecule has 0 spiro atoms. The standard InChI is InChI=1S/C34H33N3O5/c38-33(29-15-17-30(18-16-29)37(40)41)36(24-27-13-19-31(20-14-27)42-25-28-11-5-2-6-12-28)32(23-26-9-3-1-4-10-26)34(39)35-21-7-8-22-35/h1-6,9-20,32H,7-8,21-25H2. The highest BCUT2D eigenvalue weighted by Gasteiger charge is 2.35. The molecule has 1 atom stereocenters. The number of benzene rings is 4. The zero-order chi connectivity index (χ0) is 29.3. The van der Waals surface area contributed by atoms with E-state index >= 15 is 0 Å². The summed E-state index contributed by atoms with van der Waals surface area (Å²) >= 11 is 0. The van der Waals surface area contributed by atoms with E-state index in [2.05, 4.69) is 0 Å². The Morgan fingerprint density at radius 3 is 1.98 bits per heavy atom. The second-order valence-corrected chi connectivity index (χ2v) is 10.4. The van der Waals surface area contributed by atoms with Gasteiger partial charge in [0.25, 0.3) is 11.6 Å². The number of carbonyl (C=O) groups is 2. The molecule has 1 heterocycles. The number of hydrogen-bond donors (Lipinski definition) is 0. The van der Waals surface area contributed by atoms with E-state index in [0.717, 1.165) is 29.5 Å². The van der Waals surface area contributed by atoms with Crippen LogP contribution in [-0.2, 0) is 24.4 Å². The number of carbonyl (C=O) groups excluding carboxylic acids is 2. The molecule has 0 saturated carbocycles. The van der Waals surface area contributed by atoms with Crippen LogP contribution in [0.2, 0.25) is 0 Å². The quantitative estimate of drug-likeness (QED) is 0.164. The average molecular weight is 564 g/mol. The van der Waals surface area contributed by atoms with Crippen molar-refractivity contribution in [2.24, 2.45) is 0 Å². The normalized spacial score (nSPS) is 13.4. The molecule has 0 aromatic heterocycles. The van der Waals surface area contributed by atoms with E-state index in [9.17, 15) is 19.7 Å². The van der Waals surface area contributed by atoms with E-state index in [1.165, 1.54) is 24.3 Å². The highest BCUT2D eigenvalue weighted by molar-refractivity contribution is 5.98. The van der Waals surface area contributed by atoms with Gasteiger partial charge < -0.3 is 14.5 Å². The molecule has 0 aliphatic carbocycles. The molecule has 1 unspecified atom stereocenters. The molecule has 2 amide bonds. The maximum atomic E-state index is 14.1. The summed E-state index contributed by atoms with van der Waals surface area (Å²) in [4.78, 5) is 42.2. The van der Waals surface area contributed by atoms with Crippen LogP contribution in [0.1, 0.15) is 39.9 Å². The van der Waals surface area contributed by atoms with Crippen LogP contribution in [0.3, 0.4) is 0 Å². The average Bonchev–Trinajstić information content (AvgIpc) is 3.58. The lowest BCUT2D eigenvalue weighted by molar-refractivity contribution is -0.384. The summed E-state index contributed by atoms with van der Waals surface area (Å²) in [6, 6.07) is 31.9. The van der Waals surface area contributed by atoms with E-state index in [1.807, 2.05) is 89.8 Å². The third-order valence-corrected chi connectivity index (χ3v) is 7.46. The van der Waals surface area contributed by atoms with E-state index < -0.39 is 11.0 Å². The Kier molecular flexibility index (Phi) is 9.23. The lowest BCUT2D eigenvalue weighted by atomic mass is 10.0. The Hall–Kier alpha value is -4.98. The van der Waals surface area contributed by atoms with Crippen LogP contribution in [0.25, 0.3) is 0 Å². The van der Waals surface area contributed by atoms with Crippen molar-refractivity contribution in [3.63, 3.8) is 0 Å². The van der Waals surface area contributed by atoms with Crippen LogP contribution in [0.5, 0.6) is 5.75 Å². The summed E-state index contributed by atoms with van der Waals surface area (Å²) < 4.78 is 5.94. The fraction of sp³-hybridized carbons (Fsp3) is 0.235. The molecular formula is C34H33N3O5. The lowest BCUT2D eigenvalue weighted by Gasteiger charge is -2.34. The zero-order valence-corrected chi connectivity index (χ0v) is 23.3. The smallest absolute Gasteiger partial charge is 0.269 e. The molecule has 1 saturated heterocycles. The van der Waals surface area contributed by atoms with Crippen molar-refractivity contribution in [3.8, 4) is 5.75 Å².